The summed E-state index contributed by atoms with van der Waals surface area (Å²) in [6.07, 6.45) is 6.16. The Morgan fingerprint density at radius 3 is 2.70 bits per heavy atom. The van der Waals surface area contributed by atoms with Crippen LogP contribution < -0.4 is 0 Å². The summed E-state index contributed by atoms with van der Waals surface area (Å²) in [6, 6.07) is 0. The summed E-state index contributed by atoms with van der Waals surface area (Å²) < 4.78 is 40.4. The van der Waals surface area contributed by atoms with Gasteiger partial charge in [-0.15, -0.1) is 0 Å². The van der Waals surface area contributed by atoms with E-state index in [0.29, 0.717) is 19.3 Å². The normalized spacial score (nSPS) is 30.9. The molecule has 174 valence electrons. The molecule has 1 rings (SSSR count). The van der Waals surface area contributed by atoms with E-state index in [9.17, 15) is 25.2 Å². The Hall–Kier alpha value is -1.25. The van der Waals surface area contributed by atoms with Gasteiger partial charge < -0.3 is 30.3 Å². The molecule has 0 spiro atoms. The molecular weight excluding hydrogens is 388 g/mol. The molecule has 1 unspecified atom stereocenters. The van der Waals surface area contributed by atoms with Crippen molar-refractivity contribution in [1.82, 2.24) is 0 Å². The summed E-state index contributed by atoms with van der Waals surface area (Å²) in [7, 11) is 0. The van der Waals surface area contributed by atoms with Gasteiger partial charge in [0.05, 0.1) is 31.7 Å². The molecule has 0 amide bonds. The molecular formula is C23H40O7. The van der Waals surface area contributed by atoms with Crippen LogP contribution in [0.2, 0.25) is 0 Å². The minimum absolute atomic E-state index is 0.222. The molecule has 1 saturated carbocycles. The summed E-state index contributed by atoms with van der Waals surface area (Å²) >= 11 is 0. The van der Waals surface area contributed by atoms with Crippen molar-refractivity contribution in [3.8, 4) is 0 Å². The molecule has 0 aliphatic heterocycles. The fourth-order valence-corrected chi connectivity index (χ4v) is 3.58. The third-order valence-corrected chi connectivity index (χ3v) is 5.27. The average Bonchev–Trinajstić information content (AvgIpc) is 3.00. The topological polar surface area (TPSA) is 127 Å². The van der Waals surface area contributed by atoms with Gasteiger partial charge in [-0.1, -0.05) is 50.5 Å². The van der Waals surface area contributed by atoms with E-state index in [2.05, 4.69) is 11.7 Å². The fraction of sp³-hybridized carbons (Fsp3) is 0.783. The van der Waals surface area contributed by atoms with Crippen molar-refractivity contribution in [2.75, 3.05) is 13.1 Å². The average molecular weight is 434 g/mol. The molecule has 1 aliphatic rings. The van der Waals surface area contributed by atoms with Crippen LogP contribution in [0.25, 0.3) is 0 Å². The Morgan fingerprint density at radius 1 is 1.23 bits per heavy atom. The second-order valence-electron chi connectivity index (χ2n) is 7.70. The van der Waals surface area contributed by atoms with Crippen LogP contribution in [0.3, 0.4) is 0 Å². The lowest BCUT2D eigenvalue weighted by Gasteiger charge is -2.19. The molecule has 7 nitrogen and oxygen atoms in total. The molecule has 0 saturated heterocycles. The second-order valence-corrected chi connectivity index (χ2v) is 7.70. The Labute approximate surface area is 187 Å². The van der Waals surface area contributed by atoms with Crippen LogP contribution in [0.15, 0.2) is 24.3 Å². The lowest BCUT2D eigenvalue weighted by Crippen LogP contribution is -2.21. The number of unbranched alkanes of at least 4 members (excludes halogenated alkanes) is 3. The van der Waals surface area contributed by atoms with Gasteiger partial charge in [-0.2, -0.15) is 0 Å². The maximum Gasteiger partial charge on any atom is 0.305 e. The molecule has 0 radical (unpaired) electrons. The number of esters is 1. The molecule has 0 aromatic rings. The quantitative estimate of drug-likeness (QED) is 0.151. The van der Waals surface area contributed by atoms with E-state index in [4.69, 9.17) is 12.0 Å². The highest BCUT2D eigenvalue weighted by molar-refractivity contribution is 5.69. The van der Waals surface area contributed by atoms with Crippen molar-refractivity contribution in [3.63, 3.8) is 0 Å². The molecule has 0 aromatic heterocycles. The van der Waals surface area contributed by atoms with Crippen molar-refractivity contribution < 1.29 is 41.9 Å². The predicted molar refractivity (Wildman–Crippen MR) is 115 cm³/mol. The second kappa shape index (κ2) is 15.5. The number of hydrogen-bond donors (Lipinski definition) is 5. The number of carbonyl (C=O) groups excluding carboxylic acids is 1. The zero-order chi connectivity index (χ0) is 26.9. The fourth-order valence-electron chi connectivity index (χ4n) is 3.58. The molecule has 7 heteroatoms. The summed E-state index contributed by atoms with van der Waals surface area (Å²) in [5, 5.41) is 49.4. The van der Waals surface area contributed by atoms with Gasteiger partial charge in [0.25, 0.3) is 0 Å². The van der Waals surface area contributed by atoms with Gasteiger partial charge in [0.2, 0.25) is 0 Å². The summed E-state index contributed by atoms with van der Waals surface area (Å²) in [5.74, 6) is -1.61. The number of allylic oxidation sites excluding steroid dienone is 2. The Morgan fingerprint density at radius 2 is 2.00 bits per heavy atom. The summed E-state index contributed by atoms with van der Waals surface area (Å²) in [5.41, 5.74) is 0. The molecule has 1 fully saturated rings. The lowest BCUT2D eigenvalue weighted by molar-refractivity contribution is -0.147. The molecule has 0 heterocycles. The first kappa shape index (κ1) is 19.4. The van der Waals surface area contributed by atoms with E-state index in [1.807, 2.05) is 6.08 Å². The van der Waals surface area contributed by atoms with Gasteiger partial charge in [0.1, 0.15) is 12.6 Å². The molecule has 5 N–H and O–H groups in total. The van der Waals surface area contributed by atoms with Crippen LogP contribution in [0.5, 0.6) is 0 Å². The van der Waals surface area contributed by atoms with Crippen molar-refractivity contribution >= 4 is 5.97 Å². The molecule has 6 atom stereocenters. The van der Waals surface area contributed by atoms with Gasteiger partial charge in [-0.3, -0.25) is 4.79 Å². The minimum atomic E-state index is -3.71. The summed E-state index contributed by atoms with van der Waals surface area (Å²) in [4.78, 5) is 11.8. The van der Waals surface area contributed by atoms with E-state index in [0.717, 1.165) is 19.3 Å². The molecule has 0 aromatic carbocycles. The van der Waals surface area contributed by atoms with Gasteiger partial charge in [0, 0.05) is 18.8 Å². The third-order valence-electron chi connectivity index (χ3n) is 5.27. The van der Waals surface area contributed by atoms with Crippen LogP contribution in [0, 0.1) is 11.8 Å². The Balaban J connectivity index is 2.49. The zero-order valence-corrected chi connectivity index (χ0v) is 17.6. The van der Waals surface area contributed by atoms with E-state index < -0.39 is 43.5 Å². The monoisotopic (exact) mass is 433 g/mol. The van der Waals surface area contributed by atoms with Crippen LogP contribution in [-0.4, -0.2) is 69.0 Å². The van der Waals surface area contributed by atoms with E-state index in [1.165, 1.54) is 0 Å². The SMILES string of the molecule is [2H]C([2H])(O)C([2H])(O)C([2H])([2H])OC(=O)CCC/C=C\C[C@@H]1[C@@H](/C=C/[C@@H](O)CCCCC)[C@H](O)C[C@@H]1O. The highest BCUT2D eigenvalue weighted by Crippen LogP contribution is 2.36. The Kier molecular flexibility index (Phi) is 10.1. The lowest BCUT2D eigenvalue weighted by atomic mass is 9.89. The number of aliphatic hydroxyl groups is 5. The highest BCUT2D eigenvalue weighted by atomic mass is 16.5. The highest BCUT2D eigenvalue weighted by Gasteiger charge is 2.39. The predicted octanol–water partition coefficient (Wildman–Crippen LogP) is 1.85. The number of aliphatic hydroxyl groups excluding tert-OH is 3. The zero-order valence-electron chi connectivity index (χ0n) is 22.6. The minimum Gasteiger partial charge on any atom is -0.463 e. The van der Waals surface area contributed by atoms with E-state index >= 15 is 0 Å². The van der Waals surface area contributed by atoms with E-state index in [1.54, 1.807) is 18.2 Å². The first-order valence-corrected chi connectivity index (χ1v) is 10.7. The van der Waals surface area contributed by atoms with E-state index in [-0.39, 0.29) is 31.1 Å². The Bertz CT molecular complexity index is 709. The smallest absolute Gasteiger partial charge is 0.305 e. The number of hydrogen-bond acceptors (Lipinski definition) is 7. The first-order valence-electron chi connectivity index (χ1n) is 13.2. The van der Waals surface area contributed by atoms with Gasteiger partial charge in [-0.05, 0) is 31.6 Å². The summed E-state index contributed by atoms with van der Waals surface area (Å²) in [6.45, 7) is -5.04. The maximum absolute atomic E-state index is 11.8. The van der Waals surface area contributed by atoms with Crippen molar-refractivity contribution in [2.45, 2.75) is 89.1 Å². The number of ether oxygens (including phenoxy) is 1. The molecule has 30 heavy (non-hydrogen) atoms. The van der Waals surface area contributed by atoms with Gasteiger partial charge in [-0.25, -0.2) is 0 Å². The number of carbonyl (C=O) groups is 1. The van der Waals surface area contributed by atoms with Crippen molar-refractivity contribution in [1.29, 1.82) is 0 Å². The first-order chi connectivity index (χ1) is 16.1. The van der Waals surface area contributed by atoms with Gasteiger partial charge in [0.15, 0.2) is 0 Å². The van der Waals surface area contributed by atoms with Gasteiger partial charge >= 0.3 is 5.97 Å². The number of rotatable bonds is 15. The maximum atomic E-state index is 11.8. The van der Waals surface area contributed by atoms with Crippen LogP contribution in [0.4, 0.5) is 0 Å². The third kappa shape index (κ3) is 10.7. The standard InChI is InChI=1S/C23H40O7/c1-2-3-6-9-17(25)12-13-20-19(21(27)14-22(20)28)10-7-4-5-8-11-23(29)30-16-18(26)15-24/h4,7,12-13,17-22,24-28H,2-3,5-6,8-11,14-16H2,1H3/b7-4-,13-12+/t17-,18?,19+,20+,21-,22+/m0/s1/i15D2,16D2,18D. The van der Waals surface area contributed by atoms with Crippen molar-refractivity contribution in [3.05, 3.63) is 24.3 Å². The molecule has 0 bridgehead atoms. The van der Waals surface area contributed by atoms with Crippen molar-refractivity contribution in [2.24, 2.45) is 11.8 Å². The van der Waals surface area contributed by atoms with Crippen LogP contribution in [0.1, 0.15) is 71.6 Å². The van der Waals surface area contributed by atoms with Crippen LogP contribution in [-0.2, 0) is 9.53 Å². The molecule has 1 aliphatic carbocycles. The van der Waals surface area contributed by atoms with Crippen LogP contribution >= 0.6 is 0 Å². The largest absolute Gasteiger partial charge is 0.463 e.